The van der Waals surface area contributed by atoms with Crippen LogP contribution in [-0.4, -0.2) is 20.0 Å². The van der Waals surface area contributed by atoms with Crippen LogP contribution in [0.25, 0.3) is 10.9 Å². The van der Waals surface area contributed by atoms with Gasteiger partial charge in [-0.2, -0.15) is 0 Å². The summed E-state index contributed by atoms with van der Waals surface area (Å²) in [5.41, 5.74) is 3.90. The van der Waals surface area contributed by atoms with Crippen molar-refractivity contribution in [1.29, 1.82) is 0 Å². The van der Waals surface area contributed by atoms with Gasteiger partial charge in [0.15, 0.2) is 0 Å². The number of rotatable bonds is 3. The summed E-state index contributed by atoms with van der Waals surface area (Å²) in [6, 6.07) is 5.86. The number of aryl methyl sites for hydroxylation is 2. The number of benzene rings is 1. The van der Waals surface area contributed by atoms with Crippen molar-refractivity contribution in [2.24, 2.45) is 7.05 Å². The SMILES string of the molecule is Cc1cc(Cl)c(NCc2cnnn2C)c2cccnc12. The number of nitrogens with zero attached hydrogens (tertiary/aromatic N) is 4. The van der Waals surface area contributed by atoms with Crippen LogP contribution in [0, 0.1) is 6.92 Å². The number of hydrogen-bond acceptors (Lipinski definition) is 4. The summed E-state index contributed by atoms with van der Waals surface area (Å²) in [6.07, 6.45) is 3.52. The molecular formula is C14H14ClN5. The Balaban J connectivity index is 2.01. The van der Waals surface area contributed by atoms with Crippen molar-refractivity contribution in [2.75, 3.05) is 5.32 Å². The molecule has 0 unspecified atom stereocenters. The molecule has 0 saturated carbocycles. The van der Waals surface area contributed by atoms with Gasteiger partial charge in [0.2, 0.25) is 0 Å². The van der Waals surface area contributed by atoms with Crippen LogP contribution in [0.5, 0.6) is 0 Å². The van der Waals surface area contributed by atoms with Gasteiger partial charge >= 0.3 is 0 Å². The Labute approximate surface area is 121 Å². The minimum absolute atomic E-state index is 0.607. The van der Waals surface area contributed by atoms with Gasteiger partial charge in [0.25, 0.3) is 0 Å². The molecule has 0 aliphatic heterocycles. The van der Waals surface area contributed by atoms with Crippen LogP contribution >= 0.6 is 11.6 Å². The summed E-state index contributed by atoms with van der Waals surface area (Å²) < 4.78 is 1.73. The lowest BCUT2D eigenvalue weighted by molar-refractivity contribution is 0.683. The van der Waals surface area contributed by atoms with E-state index in [9.17, 15) is 0 Å². The first-order valence-corrected chi connectivity index (χ1v) is 6.66. The highest BCUT2D eigenvalue weighted by Gasteiger charge is 2.10. The molecule has 3 aromatic rings. The third-order valence-corrected chi connectivity index (χ3v) is 3.59. The minimum Gasteiger partial charge on any atom is -0.378 e. The summed E-state index contributed by atoms with van der Waals surface area (Å²) in [5.74, 6) is 0. The molecule has 1 aromatic carbocycles. The van der Waals surface area contributed by atoms with Crippen LogP contribution in [0.4, 0.5) is 5.69 Å². The molecule has 0 amide bonds. The number of fused-ring (bicyclic) bond motifs is 1. The second-order valence-corrected chi connectivity index (χ2v) is 5.06. The van der Waals surface area contributed by atoms with Gasteiger partial charge in [0, 0.05) is 18.6 Å². The average Bonchev–Trinajstić information content (AvgIpc) is 2.84. The maximum Gasteiger partial charge on any atom is 0.0774 e. The maximum absolute atomic E-state index is 6.36. The van der Waals surface area contributed by atoms with Gasteiger partial charge in [-0.25, -0.2) is 0 Å². The molecule has 0 saturated heterocycles. The molecule has 0 radical (unpaired) electrons. The lowest BCUT2D eigenvalue weighted by atomic mass is 10.1. The van der Waals surface area contributed by atoms with Gasteiger partial charge in [0.05, 0.1) is 34.7 Å². The molecule has 5 nitrogen and oxygen atoms in total. The average molecular weight is 288 g/mol. The Hall–Kier alpha value is -2.14. The second-order valence-electron chi connectivity index (χ2n) is 4.65. The monoisotopic (exact) mass is 287 g/mol. The zero-order chi connectivity index (χ0) is 14.1. The normalized spacial score (nSPS) is 10.9. The number of anilines is 1. The highest BCUT2D eigenvalue weighted by atomic mass is 35.5. The lowest BCUT2D eigenvalue weighted by Gasteiger charge is -2.13. The minimum atomic E-state index is 0.607. The molecule has 2 heterocycles. The van der Waals surface area contributed by atoms with Crippen molar-refractivity contribution < 1.29 is 0 Å². The molecule has 1 N–H and O–H groups in total. The first-order valence-electron chi connectivity index (χ1n) is 6.28. The highest BCUT2D eigenvalue weighted by molar-refractivity contribution is 6.35. The Morgan fingerprint density at radius 1 is 1.40 bits per heavy atom. The molecule has 0 atom stereocenters. The fourth-order valence-corrected chi connectivity index (χ4v) is 2.54. The van der Waals surface area contributed by atoms with Gasteiger partial charge in [-0.05, 0) is 30.7 Å². The van der Waals surface area contributed by atoms with Crippen molar-refractivity contribution in [3.63, 3.8) is 0 Å². The van der Waals surface area contributed by atoms with E-state index in [1.807, 2.05) is 32.2 Å². The van der Waals surface area contributed by atoms with Crippen LogP contribution in [0.3, 0.4) is 0 Å². The van der Waals surface area contributed by atoms with Crippen LogP contribution in [-0.2, 0) is 13.6 Å². The van der Waals surface area contributed by atoms with Gasteiger partial charge in [-0.15, -0.1) is 5.10 Å². The summed E-state index contributed by atoms with van der Waals surface area (Å²) in [5, 5.41) is 12.8. The van der Waals surface area contributed by atoms with E-state index >= 15 is 0 Å². The Morgan fingerprint density at radius 2 is 2.25 bits per heavy atom. The molecule has 102 valence electrons. The molecule has 0 spiro atoms. The zero-order valence-electron chi connectivity index (χ0n) is 11.3. The van der Waals surface area contributed by atoms with E-state index in [4.69, 9.17) is 11.6 Å². The smallest absolute Gasteiger partial charge is 0.0774 e. The van der Waals surface area contributed by atoms with E-state index in [2.05, 4.69) is 20.6 Å². The topological polar surface area (TPSA) is 55.6 Å². The summed E-state index contributed by atoms with van der Waals surface area (Å²) >= 11 is 6.36. The molecule has 6 heteroatoms. The van der Waals surface area contributed by atoms with Crippen molar-refractivity contribution in [3.8, 4) is 0 Å². The standard InChI is InChI=1S/C14H14ClN5/c1-9-6-12(15)14(11-4-3-5-16-13(9)11)17-7-10-8-18-19-20(10)2/h3-6,8,17H,7H2,1-2H3. The third-order valence-electron chi connectivity index (χ3n) is 3.29. The molecule has 3 rings (SSSR count). The van der Waals surface area contributed by atoms with Crippen LogP contribution in [0.2, 0.25) is 5.02 Å². The quantitative estimate of drug-likeness (QED) is 0.805. The Kier molecular flexibility index (Phi) is 3.28. The number of nitrogens with one attached hydrogen (secondary N) is 1. The Morgan fingerprint density at radius 3 is 3.00 bits per heavy atom. The van der Waals surface area contributed by atoms with E-state index < -0.39 is 0 Å². The van der Waals surface area contributed by atoms with Crippen LogP contribution in [0.1, 0.15) is 11.3 Å². The summed E-state index contributed by atoms with van der Waals surface area (Å²) in [6.45, 7) is 2.62. The van der Waals surface area contributed by atoms with Crippen molar-refractivity contribution >= 4 is 28.2 Å². The highest BCUT2D eigenvalue weighted by Crippen LogP contribution is 2.32. The molecule has 0 aliphatic rings. The van der Waals surface area contributed by atoms with Crippen LogP contribution < -0.4 is 5.32 Å². The number of aromatic nitrogens is 4. The fourth-order valence-electron chi connectivity index (χ4n) is 2.21. The fraction of sp³-hybridized carbons (Fsp3) is 0.214. The van der Waals surface area contributed by atoms with Crippen molar-refractivity contribution in [2.45, 2.75) is 13.5 Å². The van der Waals surface area contributed by atoms with Crippen LogP contribution in [0.15, 0.2) is 30.6 Å². The lowest BCUT2D eigenvalue weighted by Crippen LogP contribution is -2.06. The van der Waals surface area contributed by atoms with E-state index in [1.54, 1.807) is 17.1 Å². The van der Waals surface area contributed by atoms with E-state index in [-0.39, 0.29) is 0 Å². The second kappa shape index (κ2) is 5.09. The van der Waals surface area contributed by atoms with Gasteiger partial charge in [-0.1, -0.05) is 16.8 Å². The van der Waals surface area contributed by atoms with Gasteiger partial charge < -0.3 is 5.32 Å². The van der Waals surface area contributed by atoms with E-state index in [0.717, 1.165) is 27.8 Å². The molecule has 20 heavy (non-hydrogen) atoms. The summed E-state index contributed by atoms with van der Waals surface area (Å²) in [7, 11) is 1.86. The molecule has 0 fully saturated rings. The number of hydrogen-bond donors (Lipinski definition) is 1. The third kappa shape index (κ3) is 2.20. The first-order chi connectivity index (χ1) is 9.66. The number of pyridine rings is 1. The molecule has 0 bridgehead atoms. The maximum atomic E-state index is 6.36. The van der Waals surface area contributed by atoms with Gasteiger partial charge in [-0.3, -0.25) is 9.67 Å². The zero-order valence-corrected chi connectivity index (χ0v) is 12.0. The van der Waals surface area contributed by atoms with E-state index in [1.165, 1.54) is 0 Å². The van der Waals surface area contributed by atoms with E-state index in [0.29, 0.717) is 11.6 Å². The predicted octanol–water partition coefficient (Wildman–Crippen LogP) is 2.94. The van der Waals surface area contributed by atoms with Crippen molar-refractivity contribution in [1.82, 2.24) is 20.0 Å². The first kappa shape index (κ1) is 12.9. The molecule has 0 aliphatic carbocycles. The number of halogens is 1. The largest absolute Gasteiger partial charge is 0.378 e. The Bertz CT molecular complexity index is 765. The molecular weight excluding hydrogens is 274 g/mol. The van der Waals surface area contributed by atoms with Gasteiger partial charge in [0.1, 0.15) is 0 Å². The predicted molar refractivity (Wildman–Crippen MR) is 79.8 cm³/mol. The molecule has 2 aromatic heterocycles. The summed E-state index contributed by atoms with van der Waals surface area (Å²) in [4.78, 5) is 4.42. The van der Waals surface area contributed by atoms with Crippen molar-refractivity contribution in [3.05, 3.63) is 46.9 Å².